The topological polar surface area (TPSA) is 87.3 Å². The fourth-order valence-electron chi connectivity index (χ4n) is 2.88. The first-order valence-electron chi connectivity index (χ1n) is 8.43. The SMILES string of the molecule is COc1ccc(C)cc1NC(=O)c1sc2nc(CN(C)C)[nH]c(=O)c2c1C. The number of nitrogens with zero attached hydrogens (tertiary/aromatic N) is 2. The van der Waals surface area contributed by atoms with Crippen LogP contribution < -0.4 is 15.6 Å². The molecular weight excluding hydrogens is 364 g/mol. The van der Waals surface area contributed by atoms with Crippen LogP contribution in [0.5, 0.6) is 5.75 Å². The largest absolute Gasteiger partial charge is 0.495 e. The van der Waals surface area contributed by atoms with Gasteiger partial charge in [-0.1, -0.05) is 6.07 Å². The molecule has 142 valence electrons. The molecule has 0 unspecified atom stereocenters. The second-order valence-corrected chi connectivity index (χ2v) is 7.64. The fraction of sp³-hybridized carbons (Fsp3) is 0.316. The Hall–Kier alpha value is -2.71. The van der Waals surface area contributed by atoms with Crippen LogP contribution in [0.2, 0.25) is 0 Å². The average Bonchev–Trinajstić information content (AvgIpc) is 2.91. The zero-order valence-electron chi connectivity index (χ0n) is 16.0. The van der Waals surface area contributed by atoms with Crippen molar-refractivity contribution >= 4 is 33.1 Å². The van der Waals surface area contributed by atoms with E-state index in [-0.39, 0.29) is 11.5 Å². The van der Waals surface area contributed by atoms with Crippen LogP contribution in [0.15, 0.2) is 23.0 Å². The molecule has 0 bridgehead atoms. The number of fused-ring (bicyclic) bond motifs is 1. The maximum atomic E-state index is 12.9. The maximum Gasteiger partial charge on any atom is 0.266 e. The Balaban J connectivity index is 2.00. The van der Waals surface area contributed by atoms with Crippen LogP contribution >= 0.6 is 11.3 Å². The average molecular weight is 386 g/mol. The third kappa shape index (κ3) is 3.86. The highest BCUT2D eigenvalue weighted by Gasteiger charge is 2.20. The number of thiophene rings is 1. The Morgan fingerprint density at radius 3 is 2.74 bits per heavy atom. The number of hydrogen-bond donors (Lipinski definition) is 2. The van der Waals surface area contributed by atoms with Crippen LogP contribution in [0, 0.1) is 13.8 Å². The van der Waals surface area contributed by atoms with E-state index in [1.807, 2.05) is 44.1 Å². The normalized spacial score (nSPS) is 11.2. The Kier molecular flexibility index (Phi) is 5.29. The van der Waals surface area contributed by atoms with Crippen LogP contribution in [-0.2, 0) is 6.54 Å². The number of anilines is 1. The number of nitrogens with one attached hydrogen (secondary N) is 2. The van der Waals surface area contributed by atoms with Gasteiger partial charge in [0.2, 0.25) is 0 Å². The highest BCUT2D eigenvalue weighted by molar-refractivity contribution is 7.20. The molecule has 8 heteroatoms. The molecule has 0 saturated heterocycles. The summed E-state index contributed by atoms with van der Waals surface area (Å²) < 4.78 is 5.31. The van der Waals surface area contributed by atoms with E-state index in [1.165, 1.54) is 11.3 Å². The number of rotatable bonds is 5. The minimum atomic E-state index is -0.284. The second kappa shape index (κ2) is 7.50. The monoisotopic (exact) mass is 386 g/mol. The van der Waals surface area contributed by atoms with Gasteiger partial charge in [-0.2, -0.15) is 0 Å². The van der Waals surface area contributed by atoms with Crippen molar-refractivity contribution in [2.45, 2.75) is 20.4 Å². The van der Waals surface area contributed by atoms with Crippen molar-refractivity contribution in [3.05, 3.63) is 50.4 Å². The van der Waals surface area contributed by atoms with Crippen LogP contribution in [0.25, 0.3) is 10.2 Å². The molecule has 0 aliphatic heterocycles. The Morgan fingerprint density at radius 1 is 1.33 bits per heavy atom. The molecule has 3 aromatic rings. The van der Waals surface area contributed by atoms with E-state index in [0.717, 1.165) is 5.56 Å². The molecule has 1 amide bonds. The molecule has 2 heterocycles. The lowest BCUT2D eigenvalue weighted by atomic mass is 10.2. The van der Waals surface area contributed by atoms with Gasteiger partial charge in [0.15, 0.2) is 0 Å². The number of aromatic nitrogens is 2. The Bertz CT molecular complexity index is 1070. The Labute approximate surface area is 161 Å². The predicted molar refractivity (Wildman–Crippen MR) is 108 cm³/mol. The van der Waals surface area contributed by atoms with E-state index >= 15 is 0 Å². The maximum absolute atomic E-state index is 12.9. The molecule has 2 aromatic heterocycles. The zero-order valence-corrected chi connectivity index (χ0v) is 16.8. The van der Waals surface area contributed by atoms with E-state index in [2.05, 4.69) is 15.3 Å². The summed E-state index contributed by atoms with van der Waals surface area (Å²) >= 11 is 1.22. The molecule has 0 spiro atoms. The molecular formula is C19H22N4O3S. The Morgan fingerprint density at radius 2 is 2.07 bits per heavy atom. The zero-order chi connectivity index (χ0) is 19.7. The van der Waals surface area contributed by atoms with Gasteiger partial charge < -0.3 is 19.9 Å². The summed E-state index contributed by atoms with van der Waals surface area (Å²) in [4.78, 5) is 35.6. The van der Waals surface area contributed by atoms with Gasteiger partial charge in [0, 0.05) is 0 Å². The third-order valence-electron chi connectivity index (χ3n) is 4.12. The number of carbonyl (C=O) groups excluding carboxylic acids is 1. The van der Waals surface area contributed by atoms with Gasteiger partial charge in [0.25, 0.3) is 11.5 Å². The van der Waals surface area contributed by atoms with Gasteiger partial charge in [-0.3, -0.25) is 9.59 Å². The number of amides is 1. The number of hydrogen-bond acceptors (Lipinski definition) is 6. The number of carbonyl (C=O) groups is 1. The lowest BCUT2D eigenvalue weighted by molar-refractivity contribution is 0.102. The van der Waals surface area contributed by atoms with Crippen molar-refractivity contribution in [1.82, 2.24) is 14.9 Å². The first kappa shape index (κ1) is 19.1. The fourth-order valence-corrected chi connectivity index (χ4v) is 3.97. The van der Waals surface area contributed by atoms with Crippen LogP contribution in [-0.4, -0.2) is 42.0 Å². The summed E-state index contributed by atoms with van der Waals surface area (Å²) in [5.41, 5.74) is 2.00. The van der Waals surface area contributed by atoms with Crippen molar-refractivity contribution in [2.75, 3.05) is 26.5 Å². The summed E-state index contributed by atoms with van der Waals surface area (Å²) in [7, 11) is 5.36. The molecule has 27 heavy (non-hydrogen) atoms. The van der Waals surface area contributed by atoms with Crippen LogP contribution in [0.4, 0.5) is 5.69 Å². The molecule has 0 saturated carbocycles. The number of ether oxygens (including phenoxy) is 1. The van der Waals surface area contributed by atoms with Crippen molar-refractivity contribution in [3.8, 4) is 5.75 Å². The molecule has 0 fully saturated rings. The smallest absolute Gasteiger partial charge is 0.266 e. The van der Waals surface area contributed by atoms with E-state index < -0.39 is 0 Å². The number of H-pyrrole nitrogens is 1. The van der Waals surface area contributed by atoms with Gasteiger partial charge in [0.1, 0.15) is 16.4 Å². The second-order valence-electron chi connectivity index (χ2n) is 6.64. The van der Waals surface area contributed by atoms with E-state index in [9.17, 15) is 9.59 Å². The molecule has 0 atom stereocenters. The molecule has 0 radical (unpaired) electrons. The summed E-state index contributed by atoms with van der Waals surface area (Å²) in [6, 6.07) is 5.57. The van der Waals surface area contributed by atoms with Crippen molar-refractivity contribution in [3.63, 3.8) is 0 Å². The third-order valence-corrected chi connectivity index (χ3v) is 5.31. The summed E-state index contributed by atoms with van der Waals surface area (Å²) in [6.07, 6.45) is 0. The highest BCUT2D eigenvalue weighted by atomic mass is 32.1. The van der Waals surface area contributed by atoms with Gasteiger partial charge in [-0.15, -0.1) is 11.3 Å². The predicted octanol–water partition coefficient (Wildman–Crippen LogP) is 2.92. The quantitative estimate of drug-likeness (QED) is 0.704. The lowest BCUT2D eigenvalue weighted by Gasteiger charge is -2.10. The first-order chi connectivity index (χ1) is 12.8. The molecule has 1 aromatic carbocycles. The van der Waals surface area contributed by atoms with Crippen molar-refractivity contribution in [2.24, 2.45) is 0 Å². The number of aromatic amines is 1. The van der Waals surface area contributed by atoms with Crippen LogP contribution in [0.1, 0.15) is 26.6 Å². The van der Waals surface area contributed by atoms with Crippen molar-refractivity contribution in [1.29, 1.82) is 0 Å². The summed E-state index contributed by atoms with van der Waals surface area (Å²) in [6.45, 7) is 4.23. The van der Waals surface area contributed by atoms with Gasteiger partial charge >= 0.3 is 0 Å². The van der Waals surface area contributed by atoms with Gasteiger partial charge in [-0.25, -0.2) is 4.98 Å². The van der Waals surface area contributed by atoms with E-state index in [4.69, 9.17) is 4.74 Å². The highest BCUT2D eigenvalue weighted by Crippen LogP contribution is 2.30. The van der Waals surface area contributed by atoms with Gasteiger partial charge in [-0.05, 0) is 51.2 Å². The molecule has 0 aliphatic carbocycles. The number of benzene rings is 1. The first-order valence-corrected chi connectivity index (χ1v) is 9.24. The van der Waals surface area contributed by atoms with E-state index in [1.54, 1.807) is 14.0 Å². The standard InChI is InChI=1S/C19H22N4O3S/c1-10-6-7-13(26-5)12(8-10)20-18(25)16-11(2)15-17(24)21-14(9-23(3)4)22-19(15)27-16/h6-8H,9H2,1-5H3,(H,20,25)(H,21,22,24). The minimum absolute atomic E-state index is 0.224. The van der Waals surface area contributed by atoms with Crippen molar-refractivity contribution < 1.29 is 9.53 Å². The van der Waals surface area contributed by atoms with E-state index in [0.29, 0.717) is 44.5 Å². The molecule has 3 rings (SSSR count). The summed E-state index contributed by atoms with van der Waals surface area (Å²) in [5.74, 6) is 0.871. The molecule has 2 N–H and O–H groups in total. The molecule has 0 aliphatic rings. The summed E-state index contributed by atoms with van der Waals surface area (Å²) in [5, 5.41) is 3.35. The number of methoxy groups -OCH3 is 1. The van der Waals surface area contributed by atoms with Gasteiger partial charge in [0.05, 0.1) is 29.6 Å². The molecule has 7 nitrogen and oxygen atoms in total. The number of aryl methyl sites for hydroxylation is 2. The lowest BCUT2D eigenvalue weighted by Crippen LogP contribution is -2.18. The minimum Gasteiger partial charge on any atom is -0.495 e. The van der Waals surface area contributed by atoms with Crippen LogP contribution in [0.3, 0.4) is 0 Å².